The second kappa shape index (κ2) is 6.22. The standard InChI is InChI=1S/C20H18N2O4/c1-2-16(23)17-18(14-10-21-15-8-4-3-7-13(14)15)22(20(25)19(17)24)11-12-6-5-9-26-12/h3-10,18,21,24H,2,11H2,1H3. The highest BCUT2D eigenvalue weighted by atomic mass is 16.3. The van der Waals surface area contributed by atoms with Crippen molar-refractivity contribution in [3.05, 3.63) is 71.5 Å². The number of benzene rings is 1. The molecule has 1 amide bonds. The van der Waals surface area contributed by atoms with Crippen LogP contribution in [0.5, 0.6) is 0 Å². The quantitative estimate of drug-likeness (QED) is 0.735. The molecule has 26 heavy (non-hydrogen) atoms. The zero-order chi connectivity index (χ0) is 18.3. The third kappa shape index (κ3) is 2.42. The molecule has 0 aliphatic carbocycles. The number of aliphatic hydroxyl groups is 1. The van der Waals surface area contributed by atoms with Gasteiger partial charge in [0.25, 0.3) is 5.91 Å². The molecule has 0 bridgehead atoms. The maximum atomic E-state index is 12.7. The Morgan fingerprint density at radius 2 is 2.08 bits per heavy atom. The number of aromatic nitrogens is 1. The highest BCUT2D eigenvalue weighted by Gasteiger charge is 2.44. The van der Waals surface area contributed by atoms with E-state index in [-0.39, 0.29) is 24.3 Å². The Labute approximate surface area is 149 Å². The number of amides is 1. The number of carbonyl (C=O) groups is 2. The number of aromatic amines is 1. The van der Waals surface area contributed by atoms with E-state index in [0.29, 0.717) is 5.76 Å². The monoisotopic (exact) mass is 350 g/mol. The van der Waals surface area contributed by atoms with Crippen LogP contribution < -0.4 is 0 Å². The van der Waals surface area contributed by atoms with Crippen molar-refractivity contribution in [1.29, 1.82) is 0 Å². The molecule has 3 heterocycles. The van der Waals surface area contributed by atoms with Crippen LogP contribution in [-0.2, 0) is 16.1 Å². The van der Waals surface area contributed by atoms with Crippen molar-refractivity contribution >= 4 is 22.6 Å². The lowest BCUT2D eigenvalue weighted by Crippen LogP contribution is -2.30. The number of hydrogen-bond donors (Lipinski definition) is 2. The number of carbonyl (C=O) groups excluding carboxylic acids is 2. The Hall–Kier alpha value is -3.28. The zero-order valence-electron chi connectivity index (χ0n) is 14.2. The van der Waals surface area contributed by atoms with Crippen molar-refractivity contribution in [2.24, 2.45) is 0 Å². The normalized spacial score (nSPS) is 17.5. The maximum Gasteiger partial charge on any atom is 0.290 e. The summed E-state index contributed by atoms with van der Waals surface area (Å²) in [6.45, 7) is 1.88. The van der Waals surface area contributed by atoms with E-state index in [2.05, 4.69) is 4.98 Å². The number of aliphatic hydroxyl groups excluding tert-OH is 1. The molecule has 2 aromatic heterocycles. The van der Waals surface area contributed by atoms with Gasteiger partial charge in [-0.2, -0.15) is 0 Å². The van der Waals surface area contributed by atoms with Crippen LogP contribution in [0.3, 0.4) is 0 Å². The molecule has 1 aliphatic rings. The van der Waals surface area contributed by atoms with Crippen molar-refractivity contribution in [3.8, 4) is 0 Å². The van der Waals surface area contributed by atoms with Crippen LogP contribution in [0, 0.1) is 0 Å². The number of Topliss-reactive ketones (excluding diaryl/α,β-unsaturated/α-hetero) is 1. The minimum atomic E-state index is -0.656. The van der Waals surface area contributed by atoms with Gasteiger partial charge >= 0.3 is 0 Å². The third-order valence-corrected chi connectivity index (χ3v) is 4.75. The molecular formula is C20H18N2O4. The second-order valence-electron chi connectivity index (χ2n) is 6.24. The number of fused-ring (bicyclic) bond motifs is 1. The number of hydrogen-bond acceptors (Lipinski definition) is 4. The fourth-order valence-corrected chi connectivity index (χ4v) is 3.51. The molecule has 0 spiro atoms. The number of para-hydroxylation sites is 1. The van der Waals surface area contributed by atoms with Gasteiger partial charge < -0.3 is 19.4 Å². The van der Waals surface area contributed by atoms with Crippen molar-refractivity contribution in [3.63, 3.8) is 0 Å². The lowest BCUT2D eigenvalue weighted by Gasteiger charge is -2.25. The van der Waals surface area contributed by atoms with E-state index >= 15 is 0 Å². The minimum Gasteiger partial charge on any atom is -0.503 e. The van der Waals surface area contributed by atoms with Crippen molar-refractivity contribution in [1.82, 2.24) is 9.88 Å². The first kappa shape index (κ1) is 16.2. The van der Waals surface area contributed by atoms with Gasteiger partial charge in [0.1, 0.15) is 5.76 Å². The van der Waals surface area contributed by atoms with Gasteiger partial charge in [0.15, 0.2) is 11.5 Å². The predicted molar refractivity (Wildman–Crippen MR) is 95.3 cm³/mol. The van der Waals surface area contributed by atoms with E-state index in [4.69, 9.17) is 4.42 Å². The molecule has 1 aromatic carbocycles. The molecule has 0 saturated heterocycles. The van der Waals surface area contributed by atoms with Gasteiger partial charge in [0.2, 0.25) is 0 Å². The molecule has 4 rings (SSSR count). The molecule has 0 saturated carbocycles. The number of nitrogens with zero attached hydrogens (tertiary/aromatic N) is 1. The van der Waals surface area contributed by atoms with E-state index < -0.39 is 17.7 Å². The summed E-state index contributed by atoms with van der Waals surface area (Å²) >= 11 is 0. The van der Waals surface area contributed by atoms with Crippen LogP contribution in [0.1, 0.15) is 30.7 Å². The van der Waals surface area contributed by atoms with E-state index in [1.165, 1.54) is 11.2 Å². The summed E-state index contributed by atoms with van der Waals surface area (Å²) in [7, 11) is 0. The summed E-state index contributed by atoms with van der Waals surface area (Å²) in [5.41, 5.74) is 1.83. The van der Waals surface area contributed by atoms with Gasteiger partial charge in [0, 0.05) is 29.1 Å². The van der Waals surface area contributed by atoms with Crippen LogP contribution in [-0.4, -0.2) is 26.7 Å². The average Bonchev–Trinajstić information content (AvgIpc) is 3.36. The molecule has 1 aliphatic heterocycles. The molecule has 2 N–H and O–H groups in total. The molecule has 132 valence electrons. The lowest BCUT2D eigenvalue weighted by molar-refractivity contribution is -0.130. The van der Waals surface area contributed by atoms with Crippen LogP contribution in [0.2, 0.25) is 0 Å². The SMILES string of the molecule is CCC(=O)C1=C(O)C(=O)N(Cc2ccco2)C1c1c[nH]c2ccccc12. The van der Waals surface area contributed by atoms with E-state index in [0.717, 1.165) is 16.5 Å². The van der Waals surface area contributed by atoms with Crippen LogP contribution in [0.25, 0.3) is 10.9 Å². The topological polar surface area (TPSA) is 86.5 Å². The van der Waals surface area contributed by atoms with E-state index in [9.17, 15) is 14.7 Å². The Kier molecular flexibility index (Phi) is 3.88. The molecule has 1 unspecified atom stereocenters. The van der Waals surface area contributed by atoms with Crippen LogP contribution in [0.15, 0.2) is 64.6 Å². The Bertz CT molecular complexity index is 1010. The molecule has 0 radical (unpaired) electrons. The van der Waals surface area contributed by atoms with E-state index in [1.807, 2.05) is 24.3 Å². The predicted octanol–water partition coefficient (Wildman–Crippen LogP) is 3.64. The molecular weight excluding hydrogens is 332 g/mol. The fourth-order valence-electron chi connectivity index (χ4n) is 3.51. The lowest BCUT2D eigenvalue weighted by atomic mass is 9.94. The summed E-state index contributed by atoms with van der Waals surface area (Å²) in [6, 6.07) is 10.5. The Morgan fingerprint density at radius 3 is 2.81 bits per heavy atom. The van der Waals surface area contributed by atoms with Gasteiger partial charge in [-0.15, -0.1) is 0 Å². The Morgan fingerprint density at radius 1 is 1.27 bits per heavy atom. The van der Waals surface area contributed by atoms with Crippen molar-refractivity contribution in [2.75, 3.05) is 0 Å². The first-order valence-corrected chi connectivity index (χ1v) is 8.47. The average molecular weight is 350 g/mol. The first-order chi connectivity index (χ1) is 12.6. The highest BCUT2D eigenvalue weighted by Crippen LogP contribution is 2.41. The minimum absolute atomic E-state index is 0.147. The van der Waals surface area contributed by atoms with Crippen LogP contribution in [0.4, 0.5) is 0 Å². The van der Waals surface area contributed by atoms with Gasteiger partial charge in [-0.3, -0.25) is 9.59 Å². The smallest absolute Gasteiger partial charge is 0.290 e. The van der Waals surface area contributed by atoms with Gasteiger partial charge in [-0.1, -0.05) is 25.1 Å². The number of nitrogens with one attached hydrogen (secondary N) is 1. The third-order valence-electron chi connectivity index (χ3n) is 4.75. The molecule has 6 nitrogen and oxygen atoms in total. The summed E-state index contributed by atoms with van der Waals surface area (Å²) in [4.78, 5) is 29.9. The summed E-state index contributed by atoms with van der Waals surface area (Å²) < 4.78 is 5.37. The summed E-state index contributed by atoms with van der Waals surface area (Å²) in [5.74, 6) is -0.693. The Balaban J connectivity index is 1.86. The molecule has 3 aromatic rings. The second-order valence-corrected chi connectivity index (χ2v) is 6.24. The molecule has 1 atom stereocenters. The van der Waals surface area contributed by atoms with Crippen molar-refractivity contribution < 1.29 is 19.1 Å². The van der Waals surface area contributed by atoms with Gasteiger partial charge in [-0.25, -0.2) is 0 Å². The number of rotatable bonds is 5. The number of H-pyrrole nitrogens is 1. The largest absolute Gasteiger partial charge is 0.503 e. The van der Waals surface area contributed by atoms with E-state index in [1.54, 1.807) is 25.3 Å². The van der Waals surface area contributed by atoms with Gasteiger partial charge in [0.05, 0.1) is 24.4 Å². The molecule has 6 heteroatoms. The zero-order valence-corrected chi connectivity index (χ0v) is 14.2. The summed E-state index contributed by atoms with van der Waals surface area (Å²) in [6.07, 6.45) is 3.53. The first-order valence-electron chi connectivity index (χ1n) is 8.47. The number of furan rings is 1. The maximum absolute atomic E-state index is 12.7. The fraction of sp³-hybridized carbons (Fsp3) is 0.200. The van der Waals surface area contributed by atoms with Crippen molar-refractivity contribution in [2.45, 2.75) is 25.9 Å². The highest BCUT2D eigenvalue weighted by molar-refractivity contribution is 6.09. The van der Waals surface area contributed by atoms with Crippen LogP contribution >= 0.6 is 0 Å². The summed E-state index contributed by atoms with van der Waals surface area (Å²) in [5, 5.41) is 11.3. The molecule has 0 fully saturated rings. The van der Waals surface area contributed by atoms with Gasteiger partial charge in [-0.05, 0) is 18.2 Å². The number of ketones is 1.